The average molecular weight is 366 g/mol. The first-order valence-electron chi connectivity index (χ1n) is 8.81. The molecule has 5 heterocycles. The zero-order valence-electron chi connectivity index (χ0n) is 14.1. The molecule has 1 saturated heterocycles. The van der Waals surface area contributed by atoms with Gasteiger partial charge < -0.3 is 13.9 Å². The number of fused-ring (bicyclic) bond motifs is 4. The van der Waals surface area contributed by atoms with Gasteiger partial charge in [0.25, 0.3) is 11.5 Å². The van der Waals surface area contributed by atoms with Gasteiger partial charge >= 0.3 is 0 Å². The minimum Gasteiger partial charge on any atom is -0.464 e. The Kier molecular flexibility index (Phi) is 3.60. The smallest absolute Gasteiger partial charge is 0.263 e. The number of aromatic nitrogens is 1. The number of piperidine rings is 1. The Bertz CT molecular complexity index is 1000. The van der Waals surface area contributed by atoms with E-state index < -0.39 is 0 Å². The largest absolute Gasteiger partial charge is 0.464 e. The predicted octanol–water partition coefficient (Wildman–Crippen LogP) is 3.43. The lowest BCUT2D eigenvalue weighted by molar-refractivity contribution is 0.0600. The predicted molar refractivity (Wildman–Crippen MR) is 99.5 cm³/mol. The van der Waals surface area contributed by atoms with Crippen molar-refractivity contribution in [2.45, 2.75) is 18.9 Å². The molecule has 2 bridgehead atoms. The molecule has 5 rings (SSSR count). The minimum absolute atomic E-state index is 0.0306. The van der Waals surface area contributed by atoms with Gasteiger partial charge in [-0.1, -0.05) is 6.07 Å². The molecule has 0 saturated carbocycles. The molecule has 26 heavy (non-hydrogen) atoms. The van der Waals surface area contributed by atoms with Gasteiger partial charge in [0.2, 0.25) is 0 Å². The number of hydrogen-bond acceptors (Lipinski definition) is 4. The number of carbonyl (C=O) groups is 1. The second kappa shape index (κ2) is 5.99. The van der Waals surface area contributed by atoms with Crippen molar-refractivity contribution in [3.63, 3.8) is 0 Å². The van der Waals surface area contributed by atoms with Gasteiger partial charge in [-0.15, -0.1) is 11.3 Å². The van der Waals surface area contributed by atoms with Crippen molar-refractivity contribution in [2.24, 2.45) is 5.92 Å². The van der Waals surface area contributed by atoms with Crippen molar-refractivity contribution < 1.29 is 9.21 Å². The van der Waals surface area contributed by atoms with Crippen LogP contribution < -0.4 is 5.56 Å². The fourth-order valence-electron chi connectivity index (χ4n) is 4.38. The zero-order chi connectivity index (χ0) is 17.7. The molecule has 0 radical (unpaired) electrons. The second-order valence-corrected chi connectivity index (χ2v) is 7.99. The summed E-state index contributed by atoms with van der Waals surface area (Å²) in [6.45, 7) is 2.02. The third-order valence-electron chi connectivity index (χ3n) is 5.40. The van der Waals surface area contributed by atoms with Crippen molar-refractivity contribution in [1.82, 2.24) is 9.47 Å². The summed E-state index contributed by atoms with van der Waals surface area (Å²) in [7, 11) is 0. The summed E-state index contributed by atoms with van der Waals surface area (Å²) in [4.78, 5) is 28.0. The van der Waals surface area contributed by atoms with Gasteiger partial charge in [-0.05, 0) is 42.0 Å². The number of furan rings is 1. The summed E-state index contributed by atoms with van der Waals surface area (Å²) in [5.41, 5.74) is 2.00. The van der Waals surface area contributed by atoms with Crippen molar-refractivity contribution in [1.29, 1.82) is 0 Å². The maximum Gasteiger partial charge on any atom is 0.263 e. The summed E-state index contributed by atoms with van der Waals surface area (Å²) >= 11 is 1.48. The van der Waals surface area contributed by atoms with Crippen LogP contribution in [0.3, 0.4) is 0 Å². The van der Waals surface area contributed by atoms with Gasteiger partial charge in [-0.2, -0.15) is 0 Å². The molecule has 0 spiro atoms. The molecule has 1 amide bonds. The van der Waals surface area contributed by atoms with Gasteiger partial charge in [0.1, 0.15) is 5.76 Å². The highest BCUT2D eigenvalue weighted by molar-refractivity contribution is 7.12. The Hall–Kier alpha value is -2.60. The molecule has 0 aromatic carbocycles. The zero-order valence-corrected chi connectivity index (χ0v) is 14.9. The third kappa shape index (κ3) is 2.44. The number of hydrogen-bond donors (Lipinski definition) is 0. The number of thiophene rings is 1. The fraction of sp³-hybridized carbons (Fsp3) is 0.300. The third-order valence-corrected chi connectivity index (χ3v) is 6.25. The molecule has 5 nitrogen and oxygen atoms in total. The molecular formula is C20H18N2O3S. The molecule has 3 aromatic rings. The van der Waals surface area contributed by atoms with Crippen LogP contribution in [0.25, 0.3) is 11.3 Å². The lowest BCUT2D eigenvalue weighted by Gasteiger charge is -2.43. The van der Waals surface area contributed by atoms with Gasteiger partial charge in [-0.25, -0.2) is 0 Å². The fourth-order valence-corrected chi connectivity index (χ4v) is 5.07. The first-order chi connectivity index (χ1) is 12.7. The molecule has 0 aliphatic carbocycles. The molecule has 0 N–H and O–H groups in total. The maximum absolute atomic E-state index is 12.8. The number of nitrogens with zero attached hydrogens (tertiary/aromatic N) is 2. The average Bonchev–Trinajstić information content (AvgIpc) is 3.35. The quantitative estimate of drug-likeness (QED) is 0.698. The van der Waals surface area contributed by atoms with E-state index in [4.69, 9.17) is 4.42 Å². The van der Waals surface area contributed by atoms with Crippen LogP contribution in [0.15, 0.2) is 57.3 Å². The van der Waals surface area contributed by atoms with E-state index in [1.54, 1.807) is 12.3 Å². The number of pyridine rings is 1. The van der Waals surface area contributed by atoms with Crippen LogP contribution in [0.1, 0.15) is 27.7 Å². The molecule has 132 valence electrons. The molecule has 2 aliphatic heterocycles. The highest BCUT2D eigenvalue weighted by Crippen LogP contribution is 2.40. The Morgan fingerprint density at radius 3 is 2.81 bits per heavy atom. The summed E-state index contributed by atoms with van der Waals surface area (Å²) < 4.78 is 7.49. The van der Waals surface area contributed by atoms with Gasteiger partial charge in [0, 0.05) is 42.9 Å². The summed E-state index contributed by atoms with van der Waals surface area (Å²) in [6.07, 6.45) is 2.65. The molecular weight excluding hydrogens is 348 g/mol. The molecule has 3 aromatic heterocycles. The van der Waals surface area contributed by atoms with Crippen molar-refractivity contribution in [3.8, 4) is 11.3 Å². The van der Waals surface area contributed by atoms with E-state index in [0.717, 1.165) is 28.3 Å². The molecule has 2 aliphatic rings. The topological polar surface area (TPSA) is 55.5 Å². The normalized spacial score (nSPS) is 21.5. The number of amides is 1. The van der Waals surface area contributed by atoms with Crippen LogP contribution in [-0.2, 0) is 6.54 Å². The van der Waals surface area contributed by atoms with Gasteiger partial charge in [0.05, 0.1) is 11.1 Å². The first kappa shape index (κ1) is 15.6. The highest BCUT2D eigenvalue weighted by atomic mass is 32.1. The van der Waals surface area contributed by atoms with E-state index in [2.05, 4.69) is 0 Å². The Morgan fingerprint density at radius 1 is 1.12 bits per heavy atom. The second-order valence-electron chi connectivity index (χ2n) is 7.04. The van der Waals surface area contributed by atoms with Crippen LogP contribution in [0.2, 0.25) is 0 Å². The highest BCUT2D eigenvalue weighted by Gasteiger charge is 2.38. The number of likely N-dealkylation sites (tertiary alicyclic amines) is 1. The van der Waals surface area contributed by atoms with E-state index in [0.29, 0.717) is 25.6 Å². The van der Waals surface area contributed by atoms with Crippen molar-refractivity contribution >= 4 is 17.2 Å². The van der Waals surface area contributed by atoms with Gasteiger partial charge in [-0.3, -0.25) is 9.59 Å². The van der Waals surface area contributed by atoms with Crippen LogP contribution in [0, 0.1) is 5.92 Å². The van der Waals surface area contributed by atoms with E-state index >= 15 is 0 Å². The SMILES string of the molecule is O=C(c1cccs1)N1C[C@@H]2C[C@@H](C1)c1c(-c3ccco3)ccc(=O)n1C2. The van der Waals surface area contributed by atoms with Gasteiger partial charge in [0.15, 0.2) is 0 Å². The van der Waals surface area contributed by atoms with Crippen LogP contribution in [-0.4, -0.2) is 28.5 Å². The first-order valence-corrected chi connectivity index (χ1v) is 9.69. The Balaban J connectivity index is 1.56. The van der Waals surface area contributed by atoms with E-state index in [1.165, 1.54) is 11.3 Å². The molecule has 1 fully saturated rings. The molecule has 0 unspecified atom stereocenters. The summed E-state index contributed by atoms with van der Waals surface area (Å²) in [6, 6.07) is 11.0. The summed E-state index contributed by atoms with van der Waals surface area (Å²) in [5, 5.41) is 1.93. The molecule has 2 atom stereocenters. The lowest BCUT2D eigenvalue weighted by atomic mass is 9.81. The number of carbonyl (C=O) groups excluding carboxylic acids is 1. The van der Waals surface area contributed by atoms with Crippen molar-refractivity contribution in [3.05, 3.63) is 69.0 Å². The lowest BCUT2D eigenvalue weighted by Crippen LogP contribution is -2.49. The standard InChI is InChI=1S/C20H18N2O3S/c23-18-6-5-15(16-3-1-7-25-16)19-14-9-13(11-22(18)19)10-21(12-14)20(24)17-4-2-8-26-17/h1-8,13-14H,9-12H2/t13-,14-/m0/s1. The Morgan fingerprint density at radius 2 is 2.04 bits per heavy atom. The van der Waals surface area contributed by atoms with Crippen LogP contribution in [0.5, 0.6) is 0 Å². The maximum atomic E-state index is 12.8. The van der Waals surface area contributed by atoms with E-state index in [-0.39, 0.29) is 17.4 Å². The van der Waals surface area contributed by atoms with Crippen LogP contribution >= 0.6 is 11.3 Å². The van der Waals surface area contributed by atoms with Crippen molar-refractivity contribution in [2.75, 3.05) is 13.1 Å². The Labute approximate surface area is 154 Å². The number of rotatable bonds is 2. The van der Waals surface area contributed by atoms with Crippen LogP contribution in [0.4, 0.5) is 0 Å². The minimum atomic E-state index is 0.0306. The van der Waals surface area contributed by atoms with E-state index in [1.807, 2.05) is 45.2 Å². The molecule has 6 heteroatoms. The van der Waals surface area contributed by atoms with E-state index in [9.17, 15) is 9.59 Å². The monoisotopic (exact) mass is 366 g/mol. The summed E-state index contributed by atoms with van der Waals surface area (Å²) in [5.74, 6) is 1.34.